The van der Waals surface area contributed by atoms with E-state index in [1.54, 1.807) is 10.8 Å². The van der Waals surface area contributed by atoms with E-state index in [-0.39, 0.29) is 5.56 Å². The quantitative estimate of drug-likeness (QED) is 0.713. The minimum absolute atomic E-state index is 0.139. The van der Waals surface area contributed by atoms with E-state index >= 15 is 0 Å². The van der Waals surface area contributed by atoms with Gasteiger partial charge >= 0.3 is 0 Å². The average Bonchev–Trinajstić information content (AvgIpc) is 2.54. The Balaban J connectivity index is 0.000000774. The molecule has 0 N–H and O–H groups in total. The largest absolute Gasteiger partial charge is 0.288 e. The van der Waals surface area contributed by atoms with E-state index in [4.69, 9.17) is 11.6 Å². The maximum atomic E-state index is 12.1. The monoisotopic (exact) mass is 300 g/mol. The van der Waals surface area contributed by atoms with E-state index in [1.807, 2.05) is 56.3 Å². The highest BCUT2D eigenvalue weighted by molar-refractivity contribution is 6.35. The van der Waals surface area contributed by atoms with Crippen LogP contribution >= 0.6 is 11.6 Å². The normalized spacial score (nSPS) is 10.0. The predicted molar refractivity (Wildman–Crippen MR) is 87.9 cm³/mol. The highest BCUT2D eigenvalue weighted by Gasteiger charge is 2.08. The van der Waals surface area contributed by atoms with Gasteiger partial charge in [-0.05, 0) is 17.7 Å². The molecular formula is C17H17ClN2O. The molecule has 2 aromatic heterocycles. The van der Waals surface area contributed by atoms with Crippen LogP contribution < -0.4 is 5.56 Å². The fourth-order valence-electron chi connectivity index (χ4n) is 2.09. The van der Waals surface area contributed by atoms with Crippen LogP contribution in [-0.4, -0.2) is 9.55 Å². The lowest BCUT2D eigenvalue weighted by Gasteiger charge is -2.10. The first kappa shape index (κ1) is 15.3. The molecule has 21 heavy (non-hydrogen) atoms. The molecule has 0 saturated heterocycles. The van der Waals surface area contributed by atoms with Crippen molar-refractivity contribution >= 4 is 22.6 Å². The van der Waals surface area contributed by atoms with Gasteiger partial charge in [0.25, 0.3) is 5.56 Å². The summed E-state index contributed by atoms with van der Waals surface area (Å²) in [7, 11) is 0. The number of fused-ring (bicyclic) bond motifs is 1. The maximum absolute atomic E-state index is 12.1. The second-order valence-corrected chi connectivity index (χ2v) is 4.68. The molecule has 0 amide bonds. The SMILES string of the molecule is CC.O=c1cc(Cl)c2cccnc2n1Cc1ccccc1. The summed E-state index contributed by atoms with van der Waals surface area (Å²) in [5, 5.41) is 1.23. The predicted octanol–water partition coefficient (Wildman–Crippen LogP) is 4.12. The molecule has 0 spiro atoms. The van der Waals surface area contributed by atoms with Gasteiger partial charge in [-0.2, -0.15) is 0 Å². The van der Waals surface area contributed by atoms with E-state index in [0.717, 1.165) is 10.9 Å². The Bertz CT molecular complexity index is 782. The number of halogens is 1. The van der Waals surface area contributed by atoms with Crippen molar-refractivity contribution in [1.29, 1.82) is 0 Å². The van der Waals surface area contributed by atoms with Crippen LogP contribution in [-0.2, 0) is 6.54 Å². The summed E-state index contributed by atoms with van der Waals surface area (Å²) in [5.41, 5.74) is 1.53. The van der Waals surface area contributed by atoms with Crippen LogP contribution in [0.4, 0.5) is 0 Å². The third kappa shape index (κ3) is 3.31. The van der Waals surface area contributed by atoms with Crippen molar-refractivity contribution < 1.29 is 0 Å². The molecule has 0 aliphatic rings. The van der Waals surface area contributed by atoms with E-state index in [0.29, 0.717) is 17.2 Å². The number of rotatable bonds is 2. The van der Waals surface area contributed by atoms with Gasteiger partial charge in [-0.25, -0.2) is 4.98 Å². The van der Waals surface area contributed by atoms with E-state index in [2.05, 4.69) is 4.98 Å². The number of nitrogens with zero attached hydrogens (tertiary/aromatic N) is 2. The Morgan fingerprint density at radius 1 is 1.10 bits per heavy atom. The zero-order valence-electron chi connectivity index (χ0n) is 12.1. The van der Waals surface area contributed by atoms with E-state index in [1.165, 1.54) is 6.07 Å². The average molecular weight is 301 g/mol. The maximum Gasteiger partial charge on any atom is 0.253 e. The van der Waals surface area contributed by atoms with Gasteiger partial charge in [0, 0.05) is 17.6 Å². The number of hydrogen-bond donors (Lipinski definition) is 0. The minimum atomic E-state index is -0.139. The smallest absolute Gasteiger partial charge is 0.253 e. The van der Waals surface area contributed by atoms with Gasteiger partial charge in [0.15, 0.2) is 0 Å². The molecule has 3 nitrogen and oxygen atoms in total. The van der Waals surface area contributed by atoms with E-state index in [9.17, 15) is 4.79 Å². The fourth-order valence-corrected chi connectivity index (χ4v) is 2.33. The van der Waals surface area contributed by atoms with Crippen molar-refractivity contribution in [3.63, 3.8) is 0 Å². The molecule has 3 aromatic rings. The standard InChI is InChI=1S/C15H11ClN2O.C2H6/c16-13-9-14(19)18(10-11-5-2-1-3-6-11)15-12(13)7-4-8-17-15;1-2/h1-9H,10H2;1-2H3. The van der Waals surface area contributed by atoms with Gasteiger partial charge in [0.1, 0.15) is 5.65 Å². The highest BCUT2D eigenvalue weighted by atomic mass is 35.5. The third-order valence-electron chi connectivity index (χ3n) is 3.00. The highest BCUT2D eigenvalue weighted by Crippen LogP contribution is 2.19. The zero-order valence-corrected chi connectivity index (χ0v) is 12.8. The Morgan fingerprint density at radius 3 is 2.52 bits per heavy atom. The molecule has 3 rings (SSSR count). The molecule has 0 atom stereocenters. The molecule has 0 radical (unpaired) electrons. The summed E-state index contributed by atoms with van der Waals surface area (Å²) < 4.78 is 1.64. The van der Waals surface area contributed by atoms with Crippen LogP contribution in [0.25, 0.3) is 11.0 Å². The van der Waals surface area contributed by atoms with Crippen LogP contribution in [0.2, 0.25) is 5.02 Å². The summed E-state index contributed by atoms with van der Waals surface area (Å²) in [6.07, 6.45) is 1.67. The van der Waals surface area contributed by atoms with Crippen molar-refractivity contribution in [2.24, 2.45) is 0 Å². The second-order valence-electron chi connectivity index (χ2n) is 4.28. The van der Waals surface area contributed by atoms with Gasteiger partial charge < -0.3 is 0 Å². The molecule has 1 aromatic carbocycles. The topological polar surface area (TPSA) is 34.9 Å². The van der Waals surface area contributed by atoms with Gasteiger partial charge in [0.2, 0.25) is 0 Å². The van der Waals surface area contributed by atoms with Crippen LogP contribution in [0.15, 0.2) is 59.5 Å². The molecule has 2 heterocycles. The van der Waals surface area contributed by atoms with Crippen LogP contribution in [0.1, 0.15) is 19.4 Å². The first-order valence-corrected chi connectivity index (χ1v) is 7.31. The Morgan fingerprint density at radius 2 is 1.81 bits per heavy atom. The van der Waals surface area contributed by atoms with Gasteiger partial charge in [-0.1, -0.05) is 55.8 Å². The Kier molecular flexibility index (Phi) is 5.12. The summed E-state index contributed by atoms with van der Waals surface area (Å²) in [6, 6.07) is 14.9. The molecular weight excluding hydrogens is 284 g/mol. The molecule has 0 aliphatic heterocycles. The molecule has 0 fully saturated rings. The zero-order chi connectivity index (χ0) is 15.2. The molecule has 0 aliphatic carbocycles. The van der Waals surface area contributed by atoms with Crippen LogP contribution in [0.5, 0.6) is 0 Å². The fraction of sp³-hybridized carbons (Fsp3) is 0.176. The molecule has 0 bridgehead atoms. The Hall–Kier alpha value is -2.13. The lowest BCUT2D eigenvalue weighted by Crippen LogP contribution is -2.21. The molecule has 0 saturated carbocycles. The molecule has 0 unspecified atom stereocenters. The summed E-state index contributed by atoms with van der Waals surface area (Å²) in [5.74, 6) is 0. The van der Waals surface area contributed by atoms with Crippen molar-refractivity contribution in [3.8, 4) is 0 Å². The van der Waals surface area contributed by atoms with Crippen molar-refractivity contribution in [2.45, 2.75) is 20.4 Å². The van der Waals surface area contributed by atoms with Gasteiger partial charge in [0.05, 0.1) is 11.6 Å². The lowest BCUT2D eigenvalue weighted by atomic mass is 10.2. The number of hydrogen-bond acceptors (Lipinski definition) is 2. The Labute approximate surface area is 128 Å². The first-order chi connectivity index (χ1) is 10.3. The molecule has 4 heteroatoms. The van der Waals surface area contributed by atoms with Crippen molar-refractivity contribution in [1.82, 2.24) is 9.55 Å². The number of pyridine rings is 2. The van der Waals surface area contributed by atoms with Crippen molar-refractivity contribution in [3.05, 3.63) is 75.7 Å². The van der Waals surface area contributed by atoms with E-state index < -0.39 is 0 Å². The summed E-state index contributed by atoms with van der Waals surface area (Å²) in [4.78, 5) is 16.4. The first-order valence-electron chi connectivity index (χ1n) is 6.94. The summed E-state index contributed by atoms with van der Waals surface area (Å²) >= 11 is 6.08. The molecule has 108 valence electrons. The lowest BCUT2D eigenvalue weighted by molar-refractivity contribution is 0.783. The van der Waals surface area contributed by atoms with Crippen LogP contribution in [0.3, 0.4) is 0 Å². The summed E-state index contributed by atoms with van der Waals surface area (Å²) in [6.45, 7) is 4.49. The third-order valence-corrected chi connectivity index (χ3v) is 3.31. The minimum Gasteiger partial charge on any atom is -0.288 e. The number of aromatic nitrogens is 2. The second kappa shape index (κ2) is 7.04. The number of benzene rings is 1. The van der Waals surface area contributed by atoms with Gasteiger partial charge in [-0.3, -0.25) is 9.36 Å². The van der Waals surface area contributed by atoms with Crippen LogP contribution in [0, 0.1) is 0 Å². The van der Waals surface area contributed by atoms with Gasteiger partial charge in [-0.15, -0.1) is 0 Å². The van der Waals surface area contributed by atoms with Crippen molar-refractivity contribution in [2.75, 3.05) is 0 Å².